The van der Waals surface area contributed by atoms with Crippen LogP contribution in [0.2, 0.25) is 0 Å². The Hall–Kier alpha value is -4.35. The van der Waals surface area contributed by atoms with E-state index >= 15 is 0 Å². The molecule has 6 rings (SSSR count). The molecule has 4 aliphatic rings. The second-order valence-corrected chi connectivity index (χ2v) is 9.56. The quantitative estimate of drug-likeness (QED) is 0.489. The predicted molar refractivity (Wildman–Crippen MR) is 133 cm³/mol. The summed E-state index contributed by atoms with van der Waals surface area (Å²) in [5, 5.41) is 22.7. The molecule has 170 valence electrons. The minimum atomic E-state index is -0.383. The van der Waals surface area contributed by atoms with Gasteiger partial charge in [-0.05, 0) is 36.5 Å². The highest BCUT2D eigenvalue weighted by Crippen LogP contribution is 2.57. The van der Waals surface area contributed by atoms with Gasteiger partial charge in [-0.1, -0.05) is 73.2 Å². The molecule has 0 bridgehead atoms. The van der Waals surface area contributed by atoms with Crippen molar-refractivity contribution in [3.05, 3.63) is 113 Å². The molecule has 2 aromatic carbocycles. The van der Waals surface area contributed by atoms with E-state index in [4.69, 9.17) is 0 Å². The van der Waals surface area contributed by atoms with Crippen molar-refractivity contribution < 1.29 is 4.79 Å². The van der Waals surface area contributed by atoms with E-state index in [9.17, 15) is 15.3 Å². The molecule has 0 unspecified atom stereocenters. The van der Waals surface area contributed by atoms with Gasteiger partial charge in [-0.15, -0.1) is 0 Å². The highest BCUT2D eigenvalue weighted by Gasteiger charge is 2.57. The van der Waals surface area contributed by atoms with Gasteiger partial charge in [0.25, 0.3) is 0 Å². The highest BCUT2D eigenvalue weighted by molar-refractivity contribution is 6.10. The van der Waals surface area contributed by atoms with Crippen LogP contribution in [0.25, 0.3) is 5.70 Å². The van der Waals surface area contributed by atoms with Gasteiger partial charge in [0, 0.05) is 23.6 Å². The van der Waals surface area contributed by atoms with E-state index in [1.54, 1.807) is 12.2 Å². The van der Waals surface area contributed by atoms with Gasteiger partial charge in [-0.3, -0.25) is 4.79 Å². The molecule has 2 aliphatic heterocycles. The molecule has 3 atom stereocenters. The lowest BCUT2D eigenvalue weighted by Crippen LogP contribution is -2.60. The number of nitrogens with one attached hydrogen (secondary N) is 1. The molecule has 5 nitrogen and oxygen atoms in total. The lowest BCUT2D eigenvalue weighted by atomic mass is 9.66. The van der Waals surface area contributed by atoms with Crippen LogP contribution in [-0.2, 0) is 4.79 Å². The number of hydrogen-bond donors (Lipinski definition) is 1. The molecule has 1 saturated heterocycles. The summed E-state index contributed by atoms with van der Waals surface area (Å²) in [7, 11) is 0. The summed E-state index contributed by atoms with van der Waals surface area (Å²) < 4.78 is 0. The van der Waals surface area contributed by atoms with Crippen LogP contribution in [0.3, 0.4) is 0 Å². The molecule has 2 aliphatic carbocycles. The fraction of sp³-hybridized carbons (Fsp3) is 0.233. The number of carbonyl (C=O) groups is 1. The monoisotopic (exact) mass is 456 g/mol. The number of carbonyl (C=O) groups excluding carboxylic acids is 1. The van der Waals surface area contributed by atoms with Crippen LogP contribution >= 0.6 is 0 Å². The molecule has 1 N–H and O–H groups in total. The van der Waals surface area contributed by atoms with E-state index < -0.39 is 0 Å². The third-order valence-corrected chi connectivity index (χ3v) is 7.78. The van der Waals surface area contributed by atoms with Crippen LogP contribution in [0.5, 0.6) is 0 Å². The first-order valence-electron chi connectivity index (χ1n) is 12.1. The summed E-state index contributed by atoms with van der Waals surface area (Å²) in [5.41, 5.74) is 4.74. The molecule has 2 fully saturated rings. The SMILES string of the molecule is N#CC(C#N)=C1C=C2N[C@]34CCCC[C@@H]3[C@@H](c3ccccc3)C=C(c3ccccc3)N4C2=CC1=O. The Morgan fingerprint density at radius 2 is 1.66 bits per heavy atom. The molecule has 2 aromatic rings. The van der Waals surface area contributed by atoms with Crippen LogP contribution in [0.15, 0.2) is 101 Å². The third kappa shape index (κ3) is 3.16. The summed E-state index contributed by atoms with van der Waals surface area (Å²) >= 11 is 0. The number of hydrogen-bond acceptors (Lipinski definition) is 5. The van der Waals surface area contributed by atoms with Gasteiger partial charge in [0.05, 0.1) is 17.0 Å². The number of nitrogens with zero attached hydrogens (tertiary/aromatic N) is 3. The number of benzene rings is 2. The molecule has 0 radical (unpaired) electrons. The molecule has 0 amide bonds. The summed E-state index contributed by atoms with van der Waals surface area (Å²) in [6.07, 6.45) is 9.94. The maximum Gasteiger partial charge on any atom is 0.190 e. The van der Waals surface area contributed by atoms with Crippen LogP contribution in [0.4, 0.5) is 0 Å². The zero-order valence-electron chi connectivity index (χ0n) is 19.2. The van der Waals surface area contributed by atoms with E-state index in [1.807, 2.05) is 30.3 Å². The summed E-state index contributed by atoms with van der Waals surface area (Å²) in [6.45, 7) is 0. The van der Waals surface area contributed by atoms with E-state index in [0.29, 0.717) is 5.92 Å². The number of nitriles is 2. The zero-order valence-corrected chi connectivity index (χ0v) is 19.2. The van der Waals surface area contributed by atoms with Gasteiger partial charge in [0.15, 0.2) is 5.78 Å². The zero-order chi connectivity index (χ0) is 24.0. The predicted octanol–water partition coefficient (Wildman–Crippen LogP) is 5.31. The van der Waals surface area contributed by atoms with Crippen molar-refractivity contribution in [1.82, 2.24) is 10.2 Å². The Labute approximate surface area is 205 Å². The fourth-order valence-electron chi connectivity index (χ4n) is 6.33. The Balaban J connectivity index is 1.59. The number of fused-ring (bicyclic) bond motifs is 2. The summed E-state index contributed by atoms with van der Waals surface area (Å²) in [4.78, 5) is 15.4. The average molecular weight is 457 g/mol. The van der Waals surface area contributed by atoms with Crippen LogP contribution < -0.4 is 5.32 Å². The molecular weight excluding hydrogens is 432 g/mol. The van der Waals surface area contributed by atoms with Gasteiger partial charge in [0.1, 0.15) is 23.4 Å². The van der Waals surface area contributed by atoms with Crippen LogP contribution in [0.1, 0.15) is 42.7 Å². The van der Waals surface area contributed by atoms with E-state index in [2.05, 4.69) is 58.8 Å². The van der Waals surface area contributed by atoms with Crippen molar-refractivity contribution in [2.75, 3.05) is 0 Å². The van der Waals surface area contributed by atoms with Crippen molar-refractivity contribution in [2.45, 2.75) is 37.3 Å². The van der Waals surface area contributed by atoms with Crippen LogP contribution in [-0.4, -0.2) is 16.3 Å². The Bertz CT molecular complexity index is 1400. The van der Waals surface area contributed by atoms with Crippen molar-refractivity contribution in [3.8, 4) is 12.1 Å². The van der Waals surface area contributed by atoms with Gasteiger partial charge in [0.2, 0.25) is 0 Å². The molecule has 0 aromatic heterocycles. The van der Waals surface area contributed by atoms with Gasteiger partial charge >= 0.3 is 0 Å². The maximum atomic E-state index is 13.1. The molecule has 35 heavy (non-hydrogen) atoms. The lowest BCUT2D eigenvalue weighted by Gasteiger charge is -2.54. The molecule has 5 heteroatoms. The normalized spacial score (nSPS) is 26.6. The number of allylic oxidation sites excluding steroid dienone is 5. The number of ketones is 1. The van der Waals surface area contributed by atoms with Gasteiger partial charge in [-0.2, -0.15) is 10.5 Å². The standard InChI is InChI=1S/C30H24N4O/c31-18-22(19-32)24-15-26-28(17-29(24)35)34-27(21-11-5-2-6-12-21)16-23(20-9-3-1-4-10-20)25-13-7-8-14-30(25,34)33-26/h1-6,9-12,15-17,23,25,33H,7-8,13-14H2/t23-,25-,30+/m1/s1. The first-order chi connectivity index (χ1) is 17.2. The Kier molecular flexibility index (Phi) is 4.94. The molecule has 2 heterocycles. The van der Waals surface area contributed by atoms with Gasteiger partial charge in [-0.25, -0.2) is 0 Å². The Morgan fingerprint density at radius 1 is 0.943 bits per heavy atom. The topological polar surface area (TPSA) is 79.9 Å². The molecule has 1 saturated carbocycles. The average Bonchev–Trinajstić information content (AvgIpc) is 3.22. The fourth-order valence-corrected chi connectivity index (χ4v) is 6.33. The minimum absolute atomic E-state index is 0.150. The highest BCUT2D eigenvalue weighted by atomic mass is 16.1. The van der Waals surface area contributed by atoms with Crippen molar-refractivity contribution in [3.63, 3.8) is 0 Å². The van der Waals surface area contributed by atoms with Gasteiger partial charge < -0.3 is 10.2 Å². The van der Waals surface area contributed by atoms with E-state index in [1.165, 1.54) is 5.56 Å². The second kappa shape index (κ2) is 8.15. The third-order valence-electron chi connectivity index (χ3n) is 7.78. The number of rotatable bonds is 2. The smallest absolute Gasteiger partial charge is 0.190 e. The molecular formula is C30H24N4O. The van der Waals surface area contributed by atoms with E-state index in [-0.39, 0.29) is 28.5 Å². The molecule has 1 spiro atoms. The van der Waals surface area contributed by atoms with Crippen molar-refractivity contribution in [1.29, 1.82) is 10.5 Å². The summed E-state index contributed by atoms with van der Waals surface area (Å²) in [6, 6.07) is 24.8. The summed E-state index contributed by atoms with van der Waals surface area (Å²) in [5.74, 6) is 0.217. The second-order valence-electron chi connectivity index (χ2n) is 9.56. The van der Waals surface area contributed by atoms with Crippen molar-refractivity contribution >= 4 is 11.5 Å². The minimum Gasteiger partial charge on any atom is -0.360 e. The van der Waals surface area contributed by atoms with Crippen molar-refractivity contribution in [2.24, 2.45) is 5.92 Å². The maximum absolute atomic E-state index is 13.1. The lowest BCUT2D eigenvalue weighted by molar-refractivity contribution is -0.111. The first-order valence-corrected chi connectivity index (χ1v) is 12.1. The van der Waals surface area contributed by atoms with E-state index in [0.717, 1.165) is 48.3 Å². The first kappa shape index (κ1) is 21.2. The van der Waals surface area contributed by atoms with Crippen LogP contribution in [0, 0.1) is 28.6 Å². The largest absolute Gasteiger partial charge is 0.360 e. The Morgan fingerprint density at radius 3 is 2.37 bits per heavy atom.